The highest BCUT2D eigenvalue weighted by Gasteiger charge is 2.11. The molecule has 2 amide bonds. The SMILES string of the molecule is O=C(CSc1cccc(NC(=O)c2ccco2)c1)Nc1nc2ccccc2s1. The molecule has 8 heteroatoms. The van der Waals surface area contributed by atoms with Gasteiger partial charge in [0.05, 0.1) is 22.2 Å². The average Bonchev–Trinajstić information content (AvgIpc) is 3.36. The van der Waals surface area contributed by atoms with Crippen LogP contribution in [0.2, 0.25) is 0 Å². The zero-order chi connectivity index (χ0) is 19.3. The fourth-order valence-electron chi connectivity index (χ4n) is 2.49. The predicted molar refractivity (Wildman–Crippen MR) is 112 cm³/mol. The van der Waals surface area contributed by atoms with Crippen molar-refractivity contribution >= 4 is 55.9 Å². The zero-order valence-electron chi connectivity index (χ0n) is 14.5. The second kappa shape index (κ2) is 8.28. The summed E-state index contributed by atoms with van der Waals surface area (Å²) in [6.07, 6.45) is 1.45. The maximum atomic E-state index is 12.2. The van der Waals surface area contributed by atoms with E-state index in [0.717, 1.165) is 15.1 Å². The van der Waals surface area contributed by atoms with Gasteiger partial charge in [-0.05, 0) is 42.5 Å². The molecule has 0 aliphatic rings. The number of aromatic nitrogens is 1. The molecule has 28 heavy (non-hydrogen) atoms. The van der Waals surface area contributed by atoms with E-state index < -0.39 is 0 Å². The summed E-state index contributed by atoms with van der Waals surface area (Å²) < 4.78 is 6.11. The normalized spacial score (nSPS) is 10.7. The van der Waals surface area contributed by atoms with Gasteiger partial charge in [-0.15, -0.1) is 11.8 Å². The standard InChI is InChI=1S/C20H15N3O3S2/c24-18(23-20-22-15-7-1-2-9-17(15)28-20)12-27-14-6-3-5-13(11-14)21-19(25)16-8-4-10-26-16/h1-11H,12H2,(H,21,25)(H,22,23,24). The lowest BCUT2D eigenvalue weighted by atomic mass is 10.3. The van der Waals surface area contributed by atoms with E-state index in [2.05, 4.69) is 15.6 Å². The maximum absolute atomic E-state index is 12.2. The lowest BCUT2D eigenvalue weighted by Gasteiger charge is -2.06. The van der Waals surface area contributed by atoms with Gasteiger partial charge in [0.1, 0.15) is 0 Å². The number of thiazole rings is 1. The number of carbonyl (C=O) groups excluding carboxylic acids is 2. The van der Waals surface area contributed by atoms with Crippen LogP contribution in [-0.2, 0) is 4.79 Å². The van der Waals surface area contributed by atoms with E-state index in [1.54, 1.807) is 18.2 Å². The molecule has 0 atom stereocenters. The first-order chi connectivity index (χ1) is 13.7. The van der Waals surface area contributed by atoms with Crippen LogP contribution in [-0.4, -0.2) is 22.6 Å². The van der Waals surface area contributed by atoms with Crippen molar-refractivity contribution in [3.63, 3.8) is 0 Å². The first-order valence-electron chi connectivity index (χ1n) is 8.40. The maximum Gasteiger partial charge on any atom is 0.291 e. The zero-order valence-corrected chi connectivity index (χ0v) is 16.2. The van der Waals surface area contributed by atoms with Gasteiger partial charge in [0.2, 0.25) is 5.91 Å². The molecular weight excluding hydrogens is 394 g/mol. The highest BCUT2D eigenvalue weighted by Crippen LogP contribution is 2.26. The van der Waals surface area contributed by atoms with Crippen LogP contribution in [0.4, 0.5) is 10.8 Å². The summed E-state index contributed by atoms with van der Waals surface area (Å²) in [7, 11) is 0. The van der Waals surface area contributed by atoms with Crippen LogP contribution >= 0.6 is 23.1 Å². The summed E-state index contributed by atoms with van der Waals surface area (Å²) in [4.78, 5) is 29.6. The molecule has 0 unspecified atom stereocenters. The first-order valence-corrected chi connectivity index (χ1v) is 10.2. The summed E-state index contributed by atoms with van der Waals surface area (Å²) in [5.74, 6) is 0.0361. The van der Waals surface area contributed by atoms with E-state index in [1.807, 2.05) is 42.5 Å². The van der Waals surface area contributed by atoms with Gasteiger partial charge in [0, 0.05) is 10.6 Å². The lowest BCUT2D eigenvalue weighted by Crippen LogP contribution is -2.13. The fraction of sp³-hybridized carbons (Fsp3) is 0.0500. The summed E-state index contributed by atoms with van der Waals surface area (Å²) in [6.45, 7) is 0. The van der Waals surface area contributed by atoms with Crippen LogP contribution in [0.3, 0.4) is 0 Å². The van der Waals surface area contributed by atoms with Gasteiger partial charge in [0.25, 0.3) is 5.91 Å². The number of carbonyl (C=O) groups is 2. The molecule has 140 valence electrons. The van der Waals surface area contributed by atoms with E-state index in [4.69, 9.17) is 4.42 Å². The molecule has 0 radical (unpaired) electrons. The Balaban J connectivity index is 1.34. The molecule has 2 aromatic carbocycles. The molecule has 2 aromatic heterocycles. The van der Waals surface area contributed by atoms with Crippen molar-refractivity contribution in [2.75, 3.05) is 16.4 Å². The third-order valence-corrected chi connectivity index (χ3v) is 5.69. The number of anilines is 2. The van der Waals surface area contributed by atoms with E-state index in [9.17, 15) is 9.59 Å². The van der Waals surface area contributed by atoms with Crippen molar-refractivity contribution in [3.8, 4) is 0 Å². The Morgan fingerprint density at radius 1 is 1.04 bits per heavy atom. The van der Waals surface area contributed by atoms with Crippen LogP contribution in [0.25, 0.3) is 10.2 Å². The predicted octanol–water partition coefficient (Wildman–Crippen LogP) is 4.87. The largest absolute Gasteiger partial charge is 0.459 e. The number of thioether (sulfide) groups is 1. The second-order valence-corrected chi connectivity index (χ2v) is 7.86. The van der Waals surface area contributed by atoms with Crippen LogP contribution in [0.5, 0.6) is 0 Å². The topological polar surface area (TPSA) is 84.2 Å². The number of hydrogen-bond donors (Lipinski definition) is 2. The summed E-state index contributed by atoms with van der Waals surface area (Å²) >= 11 is 2.83. The molecule has 4 aromatic rings. The molecule has 0 spiro atoms. The molecule has 2 heterocycles. The molecule has 0 aliphatic heterocycles. The highest BCUT2D eigenvalue weighted by molar-refractivity contribution is 8.00. The molecule has 6 nitrogen and oxygen atoms in total. The van der Waals surface area contributed by atoms with Crippen molar-refractivity contribution in [1.29, 1.82) is 0 Å². The number of rotatable bonds is 6. The third kappa shape index (κ3) is 4.41. The van der Waals surface area contributed by atoms with Crippen molar-refractivity contribution in [2.45, 2.75) is 4.90 Å². The lowest BCUT2D eigenvalue weighted by molar-refractivity contribution is -0.113. The Morgan fingerprint density at radius 2 is 1.93 bits per heavy atom. The third-order valence-electron chi connectivity index (χ3n) is 3.75. The van der Waals surface area contributed by atoms with Crippen LogP contribution in [0.1, 0.15) is 10.6 Å². The number of nitrogens with zero attached hydrogens (tertiary/aromatic N) is 1. The number of nitrogens with one attached hydrogen (secondary N) is 2. The van der Waals surface area contributed by atoms with Gasteiger partial charge in [-0.2, -0.15) is 0 Å². The highest BCUT2D eigenvalue weighted by atomic mass is 32.2. The summed E-state index contributed by atoms with van der Waals surface area (Å²) in [5, 5.41) is 6.19. The van der Waals surface area contributed by atoms with Gasteiger partial charge in [-0.3, -0.25) is 9.59 Å². The van der Waals surface area contributed by atoms with Crippen molar-refractivity contribution < 1.29 is 14.0 Å². The van der Waals surface area contributed by atoms with E-state index in [-0.39, 0.29) is 23.3 Å². The minimum atomic E-state index is -0.319. The smallest absolute Gasteiger partial charge is 0.291 e. The molecule has 0 fully saturated rings. The second-order valence-electron chi connectivity index (χ2n) is 5.78. The first kappa shape index (κ1) is 18.3. The number of benzene rings is 2. The Bertz CT molecular complexity index is 1090. The number of para-hydroxylation sites is 1. The minimum absolute atomic E-state index is 0.130. The molecule has 0 saturated heterocycles. The molecule has 0 saturated carbocycles. The van der Waals surface area contributed by atoms with Crippen LogP contribution < -0.4 is 10.6 Å². The van der Waals surface area contributed by atoms with Gasteiger partial charge < -0.3 is 15.1 Å². The average molecular weight is 409 g/mol. The van der Waals surface area contributed by atoms with Crippen LogP contribution in [0.15, 0.2) is 76.2 Å². The monoisotopic (exact) mass is 409 g/mol. The van der Waals surface area contributed by atoms with E-state index >= 15 is 0 Å². The van der Waals surface area contributed by atoms with Crippen LogP contribution in [0, 0.1) is 0 Å². The van der Waals surface area contributed by atoms with Gasteiger partial charge in [-0.1, -0.05) is 29.5 Å². The Labute approximate surface area is 169 Å². The Morgan fingerprint density at radius 3 is 2.75 bits per heavy atom. The Kier molecular flexibility index (Phi) is 5.41. The summed E-state index contributed by atoms with van der Waals surface area (Å²) in [6, 6.07) is 18.3. The van der Waals surface area contributed by atoms with E-state index in [0.29, 0.717) is 10.8 Å². The van der Waals surface area contributed by atoms with Crippen molar-refractivity contribution in [2.24, 2.45) is 0 Å². The fourth-order valence-corrected chi connectivity index (χ4v) is 4.13. The van der Waals surface area contributed by atoms with Gasteiger partial charge in [-0.25, -0.2) is 4.98 Å². The number of hydrogen-bond acceptors (Lipinski definition) is 6. The molecule has 4 rings (SSSR count). The van der Waals surface area contributed by atoms with E-state index in [1.165, 1.54) is 29.4 Å². The minimum Gasteiger partial charge on any atom is -0.459 e. The van der Waals surface area contributed by atoms with Gasteiger partial charge >= 0.3 is 0 Å². The summed E-state index contributed by atoms with van der Waals surface area (Å²) in [5.41, 5.74) is 1.51. The molecule has 0 aliphatic carbocycles. The number of furan rings is 1. The molecular formula is C20H15N3O3S2. The molecule has 0 bridgehead atoms. The van der Waals surface area contributed by atoms with Gasteiger partial charge in [0.15, 0.2) is 10.9 Å². The quantitative estimate of drug-likeness (QED) is 0.444. The number of fused-ring (bicyclic) bond motifs is 1. The molecule has 2 N–H and O–H groups in total. The number of amides is 2. The Hall–Kier alpha value is -3.10. The van der Waals surface area contributed by atoms with Crippen molar-refractivity contribution in [1.82, 2.24) is 4.98 Å². The van der Waals surface area contributed by atoms with Crippen molar-refractivity contribution in [3.05, 3.63) is 72.7 Å².